The number of aryl methyl sites for hydroxylation is 1. The van der Waals surface area contributed by atoms with E-state index in [1.807, 2.05) is 18.2 Å². The number of hydrogen-bond acceptors (Lipinski definition) is 5. The molecule has 0 saturated heterocycles. The Labute approximate surface area is 193 Å². The highest BCUT2D eigenvalue weighted by Crippen LogP contribution is 2.38. The van der Waals surface area contributed by atoms with Crippen molar-refractivity contribution in [2.45, 2.75) is 58.3 Å². The molecule has 0 saturated carbocycles. The summed E-state index contributed by atoms with van der Waals surface area (Å²) in [7, 11) is 1.60. The van der Waals surface area contributed by atoms with Crippen LogP contribution in [0.3, 0.4) is 0 Å². The fraction of sp³-hybridized carbons (Fsp3) is 0.440. The van der Waals surface area contributed by atoms with Gasteiger partial charge < -0.3 is 20.5 Å². The first-order chi connectivity index (χ1) is 15.5. The van der Waals surface area contributed by atoms with Crippen LogP contribution in [0.1, 0.15) is 71.8 Å². The summed E-state index contributed by atoms with van der Waals surface area (Å²) in [6.07, 6.45) is 11.6. The number of anilines is 1. The van der Waals surface area contributed by atoms with Crippen LogP contribution in [-0.4, -0.2) is 25.5 Å². The van der Waals surface area contributed by atoms with Crippen molar-refractivity contribution >= 4 is 34.2 Å². The van der Waals surface area contributed by atoms with Crippen molar-refractivity contribution in [1.82, 2.24) is 0 Å². The normalized spacial score (nSPS) is 13.1. The fourth-order valence-corrected chi connectivity index (χ4v) is 5.16. The number of primary amides is 1. The van der Waals surface area contributed by atoms with Gasteiger partial charge in [0, 0.05) is 11.0 Å². The number of nitrogens with one attached hydrogen (secondary N) is 1. The SMILES string of the molecule is CCCCCCOc1ccc(C=CC(=O)Nc2sc3c(c2C(N)=O)CCCC3)cc1OC. The molecular weight excluding hydrogens is 424 g/mol. The number of ether oxygens (including phenoxy) is 2. The van der Waals surface area contributed by atoms with Gasteiger partial charge in [0.15, 0.2) is 11.5 Å². The predicted molar refractivity (Wildman–Crippen MR) is 130 cm³/mol. The van der Waals surface area contributed by atoms with Crippen LogP contribution in [0.25, 0.3) is 6.08 Å². The molecule has 0 bridgehead atoms. The summed E-state index contributed by atoms with van der Waals surface area (Å²) in [5.41, 5.74) is 7.89. The summed E-state index contributed by atoms with van der Waals surface area (Å²) < 4.78 is 11.3. The molecule has 0 aliphatic heterocycles. The maximum atomic E-state index is 12.5. The van der Waals surface area contributed by atoms with Crippen molar-refractivity contribution in [3.63, 3.8) is 0 Å². The first-order valence-corrected chi connectivity index (χ1v) is 12.1. The van der Waals surface area contributed by atoms with Crippen LogP contribution in [0.4, 0.5) is 5.00 Å². The molecule has 1 aliphatic rings. The van der Waals surface area contributed by atoms with Crippen LogP contribution in [0, 0.1) is 0 Å². The summed E-state index contributed by atoms with van der Waals surface area (Å²) in [6, 6.07) is 5.57. The lowest BCUT2D eigenvalue weighted by atomic mass is 9.95. The second-order valence-corrected chi connectivity index (χ2v) is 9.03. The Morgan fingerprint density at radius 3 is 2.72 bits per heavy atom. The van der Waals surface area contributed by atoms with Crippen LogP contribution in [0.5, 0.6) is 11.5 Å². The van der Waals surface area contributed by atoms with Crippen LogP contribution in [0.2, 0.25) is 0 Å². The average Bonchev–Trinajstić information content (AvgIpc) is 3.15. The Bertz CT molecular complexity index is 981. The highest BCUT2D eigenvalue weighted by atomic mass is 32.1. The quantitative estimate of drug-likeness (QED) is 0.352. The van der Waals surface area contributed by atoms with E-state index in [1.54, 1.807) is 13.2 Å². The van der Waals surface area contributed by atoms with E-state index in [0.29, 0.717) is 28.7 Å². The molecule has 3 rings (SSSR count). The first-order valence-electron chi connectivity index (χ1n) is 11.3. The van der Waals surface area contributed by atoms with E-state index < -0.39 is 5.91 Å². The number of methoxy groups -OCH3 is 1. The first kappa shape index (κ1) is 23.9. The summed E-state index contributed by atoms with van der Waals surface area (Å²) in [4.78, 5) is 25.7. The van der Waals surface area contributed by atoms with Gasteiger partial charge in [0.2, 0.25) is 5.91 Å². The molecule has 3 N–H and O–H groups in total. The Morgan fingerprint density at radius 2 is 1.97 bits per heavy atom. The van der Waals surface area contributed by atoms with Gasteiger partial charge in [-0.25, -0.2) is 0 Å². The molecule has 1 aliphatic carbocycles. The van der Waals surface area contributed by atoms with Crippen molar-refractivity contribution in [3.8, 4) is 11.5 Å². The Kier molecular flexibility index (Phi) is 8.73. The van der Waals surface area contributed by atoms with Gasteiger partial charge in [0.05, 0.1) is 19.3 Å². The van der Waals surface area contributed by atoms with Gasteiger partial charge in [0.1, 0.15) is 5.00 Å². The Hall–Kier alpha value is -2.80. The van der Waals surface area contributed by atoms with Crippen molar-refractivity contribution in [2.24, 2.45) is 5.73 Å². The highest BCUT2D eigenvalue weighted by molar-refractivity contribution is 7.17. The number of unbranched alkanes of at least 4 members (excludes halogenated alkanes) is 3. The molecule has 0 fully saturated rings. The van der Waals surface area contributed by atoms with Crippen LogP contribution in [-0.2, 0) is 17.6 Å². The lowest BCUT2D eigenvalue weighted by Crippen LogP contribution is -2.17. The molecule has 0 radical (unpaired) electrons. The number of amides is 2. The zero-order valence-electron chi connectivity index (χ0n) is 18.9. The molecular formula is C25H32N2O4S. The predicted octanol–water partition coefficient (Wildman–Crippen LogP) is 5.35. The van der Waals surface area contributed by atoms with Gasteiger partial charge in [-0.1, -0.05) is 32.3 Å². The third-order valence-corrected chi connectivity index (χ3v) is 6.73. The van der Waals surface area contributed by atoms with Crippen molar-refractivity contribution < 1.29 is 19.1 Å². The Morgan fingerprint density at radius 1 is 1.16 bits per heavy atom. The molecule has 0 spiro atoms. The number of nitrogens with two attached hydrogens (primary N) is 1. The third-order valence-electron chi connectivity index (χ3n) is 5.52. The minimum Gasteiger partial charge on any atom is -0.493 e. The van der Waals surface area contributed by atoms with Crippen molar-refractivity contribution in [3.05, 3.63) is 45.8 Å². The second-order valence-electron chi connectivity index (χ2n) is 7.92. The van der Waals surface area contributed by atoms with Gasteiger partial charge in [0.25, 0.3) is 5.91 Å². The molecule has 1 aromatic carbocycles. The van der Waals surface area contributed by atoms with Gasteiger partial charge in [-0.2, -0.15) is 0 Å². The van der Waals surface area contributed by atoms with E-state index in [-0.39, 0.29) is 5.91 Å². The maximum absolute atomic E-state index is 12.5. The molecule has 0 atom stereocenters. The minimum atomic E-state index is -0.487. The topological polar surface area (TPSA) is 90.6 Å². The molecule has 32 heavy (non-hydrogen) atoms. The maximum Gasteiger partial charge on any atom is 0.251 e. The van der Waals surface area contributed by atoms with E-state index in [0.717, 1.165) is 54.5 Å². The highest BCUT2D eigenvalue weighted by Gasteiger charge is 2.24. The molecule has 7 heteroatoms. The van der Waals surface area contributed by atoms with E-state index in [9.17, 15) is 9.59 Å². The van der Waals surface area contributed by atoms with Crippen LogP contribution in [0.15, 0.2) is 24.3 Å². The van der Waals surface area contributed by atoms with E-state index in [1.165, 1.54) is 30.3 Å². The van der Waals surface area contributed by atoms with Gasteiger partial charge >= 0.3 is 0 Å². The Balaban J connectivity index is 1.64. The van der Waals surface area contributed by atoms with Crippen molar-refractivity contribution in [2.75, 3.05) is 19.0 Å². The van der Waals surface area contributed by atoms with E-state index in [4.69, 9.17) is 15.2 Å². The molecule has 2 amide bonds. The van der Waals surface area contributed by atoms with E-state index >= 15 is 0 Å². The van der Waals surface area contributed by atoms with Crippen molar-refractivity contribution in [1.29, 1.82) is 0 Å². The molecule has 6 nitrogen and oxygen atoms in total. The number of fused-ring (bicyclic) bond motifs is 1. The zero-order chi connectivity index (χ0) is 22.9. The number of thiophene rings is 1. The molecule has 1 aromatic heterocycles. The largest absolute Gasteiger partial charge is 0.493 e. The molecule has 1 heterocycles. The zero-order valence-corrected chi connectivity index (χ0v) is 19.7. The number of hydrogen-bond donors (Lipinski definition) is 2. The smallest absolute Gasteiger partial charge is 0.251 e. The summed E-state index contributed by atoms with van der Waals surface area (Å²) in [5.74, 6) is 0.533. The fourth-order valence-electron chi connectivity index (χ4n) is 3.86. The summed E-state index contributed by atoms with van der Waals surface area (Å²) in [5, 5.41) is 3.38. The average molecular weight is 457 g/mol. The molecule has 2 aromatic rings. The number of carbonyl (C=O) groups excluding carboxylic acids is 2. The third kappa shape index (κ3) is 6.13. The summed E-state index contributed by atoms with van der Waals surface area (Å²) >= 11 is 1.46. The second kappa shape index (κ2) is 11.7. The summed E-state index contributed by atoms with van der Waals surface area (Å²) in [6.45, 7) is 2.84. The van der Waals surface area contributed by atoms with Gasteiger partial charge in [-0.05, 0) is 61.4 Å². The number of benzene rings is 1. The monoisotopic (exact) mass is 456 g/mol. The van der Waals surface area contributed by atoms with Gasteiger partial charge in [-0.3, -0.25) is 9.59 Å². The number of rotatable bonds is 11. The minimum absolute atomic E-state index is 0.304. The molecule has 0 unspecified atom stereocenters. The number of carbonyl (C=O) groups is 2. The van der Waals surface area contributed by atoms with Crippen LogP contribution >= 0.6 is 11.3 Å². The molecule has 172 valence electrons. The lowest BCUT2D eigenvalue weighted by molar-refractivity contribution is -0.111. The van der Waals surface area contributed by atoms with E-state index in [2.05, 4.69) is 12.2 Å². The van der Waals surface area contributed by atoms with Gasteiger partial charge in [-0.15, -0.1) is 11.3 Å². The lowest BCUT2D eigenvalue weighted by Gasteiger charge is -2.11. The standard InChI is InChI=1S/C25H32N2O4S/c1-3-4-5-8-15-31-19-13-11-17(16-20(19)30-2)12-14-22(28)27-25-23(24(26)29)18-9-6-7-10-21(18)32-25/h11-14,16H,3-10,15H2,1-2H3,(H2,26,29)(H,27,28). The van der Waals surface area contributed by atoms with Crippen LogP contribution < -0.4 is 20.5 Å².